The molecule has 29 heavy (non-hydrogen) atoms. The van der Waals surface area contributed by atoms with E-state index in [4.69, 9.17) is 17.0 Å². The first-order valence-corrected chi connectivity index (χ1v) is 9.72. The van der Waals surface area contributed by atoms with E-state index in [9.17, 15) is 9.59 Å². The van der Waals surface area contributed by atoms with Crippen molar-refractivity contribution >= 4 is 40.9 Å². The summed E-state index contributed by atoms with van der Waals surface area (Å²) in [5.41, 5.74) is 1.99. The van der Waals surface area contributed by atoms with Crippen LogP contribution in [0, 0.1) is 0 Å². The zero-order valence-corrected chi connectivity index (χ0v) is 17.5. The number of carbonyl (C=O) groups is 2. The van der Waals surface area contributed by atoms with Crippen molar-refractivity contribution < 1.29 is 14.3 Å². The standard InChI is InChI=1S/C22H25N3O3S/c1-4-28-19-11-8-16(9-12-19)10-13-20(26)25-22(29)24-18-7-5-6-17(14-18)21(27)23-15(2)3/h5-15H,4H2,1-3H3,(H,23,27)(H2,24,25,26,29)/b13-10+. The van der Waals surface area contributed by atoms with Gasteiger partial charge in [0, 0.05) is 23.4 Å². The van der Waals surface area contributed by atoms with E-state index in [1.807, 2.05) is 45.0 Å². The second-order valence-electron chi connectivity index (χ2n) is 6.49. The quantitative estimate of drug-likeness (QED) is 0.478. The van der Waals surface area contributed by atoms with Crippen LogP contribution >= 0.6 is 12.2 Å². The van der Waals surface area contributed by atoms with E-state index in [0.717, 1.165) is 11.3 Å². The summed E-state index contributed by atoms with van der Waals surface area (Å²) in [4.78, 5) is 24.2. The molecular formula is C22H25N3O3S. The van der Waals surface area contributed by atoms with Crippen LogP contribution in [0.4, 0.5) is 5.69 Å². The van der Waals surface area contributed by atoms with Crippen LogP contribution in [-0.4, -0.2) is 29.6 Å². The lowest BCUT2D eigenvalue weighted by molar-refractivity contribution is -0.115. The number of nitrogens with one attached hydrogen (secondary N) is 3. The normalized spacial score (nSPS) is 10.6. The molecule has 0 aromatic heterocycles. The first-order chi connectivity index (χ1) is 13.9. The third-order valence-corrected chi connectivity index (χ3v) is 3.86. The molecular weight excluding hydrogens is 386 g/mol. The summed E-state index contributed by atoms with van der Waals surface area (Å²) in [6, 6.07) is 14.3. The maximum absolute atomic E-state index is 12.1. The van der Waals surface area contributed by atoms with Gasteiger partial charge >= 0.3 is 0 Å². The topological polar surface area (TPSA) is 79.5 Å². The lowest BCUT2D eigenvalue weighted by Crippen LogP contribution is -2.33. The van der Waals surface area contributed by atoms with Gasteiger partial charge in [-0.05, 0) is 75.0 Å². The lowest BCUT2D eigenvalue weighted by Gasteiger charge is -2.11. The molecule has 0 bridgehead atoms. The summed E-state index contributed by atoms with van der Waals surface area (Å²) in [6.45, 7) is 6.32. The number of rotatable bonds is 7. The number of carbonyl (C=O) groups excluding carboxylic acids is 2. The summed E-state index contributed by atoms with van der Waals surface area (Å²) < 4.78 is 5.38. The van der Waals surface area contributed by atoms with E-state index in [0.29, 0.717) is 17.9 Å². The van der Waals surface area contributed by atoms with Crippen LogP contribution in [0.5, 0.6) is 5.75 Å². The molecule has 0 fully saturated rings. The second kappa shape index (κ2) is 11.0. The molecule has 0 atom stereocenters. The molecule has 0 heterocycles. The molecule has 3 N–H and O–H groups in total. The Hall–Kier alpha value is -3.19. The Balaban J connectivity index is 1.90. The number of hydrogen-bond donors (Lipinski definition) is 3. The molecule has 0 unspecified atom stereocenters. The summed E-state index contributed by atoms with van der Waals surface area (Å²) in [6.07, 6.45) is 3.08. The van der Waals surface area contributed by atoms with Crippen LogP contribution < -0.4 is 20.7 Å². The van der Waals surface area contributed by atoms with Gasteiger partial charge in [-0.3, -0.25) is 14.9 Å². The third-order valence-electron chi connectivity index (χ3n) is 3.66. The van der Waals surface area contributed by atoms with E-state index in [1.165, 1.54) is 6.08 Å². The monoisotopic (exact) mass is 411 g/mol. The Morgan fingerprint density at radius 3 is 2.52 bits per heavy atom. The van der Waals surface area contributed by atoms with Gasteiger partial charge < -0.3 is 15.4 Å². The molecule has 0 aliphatic heterocycles. The molecule has 2 amide bonds. The van der Waals surface area contributed by atoms with Crippen LogP contribution in [0.25, 0.3) is 6.08 Å². The molecule has 2 aromatic rings. The number of hydrogen-bond acceptors (Lipinski definition) is 4. The predicted molar refractivity (Wildman–Crippen MR) is 120 cm³/mol. The highest BCUT2D eigenvalue weighted by molar-refractivity contribution is 7.80. The van der Waals surface area contributed by atoms with Crippen molar-refractivity contribution in [2.24, 2.45) is 0 Å². The predicted octanol–water partition coefficient (Wildman–Crippen LogP) is 3.75. The molecule has 0 radical (unpaired) electrons. The number of amides is 2. The molecule has 0 spiro atoms. The van der Waals surface area contributed by atoms with Gasteiger partial charge in [0.25, 0.3) is 5.91 Å². The SMILES string of the molecule is CCOc1ccc(/C=C/C(=O)NC(=S)Nc2cccc(C(=O)NC(C)C)c2)cc1. The zero-order chi connectivity index (χ0) is 21.2. The average molecular weight is 412 g/mol. The minimum atomic E-state index is -0.356. The van der Waals surface area contributed by atoms with Crippen molar-refractivity contribution in [3.8, 4) is 5.75 Å². The summed E-state index contributed by atoms with van der Waals surface area (Å²) in [5, 5.41) is 8.47. The van der Waals surface area contributed by atoms with Gasteiger partial charge in [0.15, 0.2) is 5.11 Å². The first-order valence-electron chi connectivity index (χ1n) is 9.31. The smallest absolute Gasteiger partial charge is 0.251 e. The van der Waals surface area contributed by atoms with E-state index in [1.54, 1.807) is 30.3 Å². The summed E-state index contributed by atoms with van der Waals surface area (Å²) >= 11 is 5.17. The lowest BCUT2D eigenvalue weighted by atomic mass is 10.2. The highest BCUT2D eigenvalue weighted by Crippen LogP contribution is 2.13. The molecule has 0 saturated carbocycles. The van der Waals surface area contributed by atoms with Crippen molar-refractivity contribution in [2.75, 3.05) is 11.9 Å². The maximum Gasteiger partial charge on any atom is 0.251 e. The second-order valence-corrected chi connectivity index (χ2v) is 6.90. The van der Waals surface area contributed by atoms with E-state index < -0.39 is 0 Å². The van der Waals surface area contributed by atoms with E-state index in [-0.39, 0.29) is 23.0 Å². The minimum Gasteiger partial charge on any atom is -0.494 e. The molecule has 7 heteroatoms. The van der Waals surface area contributed by atoms with Crippen LogP contribution in [0.3, 0.4) is 0 Å². The van der Waals surface area contributed by atoms with Gasteiger partial charge in [-0.2, -0.15) is 0 Å². The molecule has 0 aliphatic rings. The van der Waals surface area contributed by atoms with Crippen LogP contribution in [0.15, 0.2) is 54.6 Å². The van der Waals surface area contributed by atoms with Gasteiger partial charge in [-0.1, -0.05) is 18.2 Å². The summed E-state index contributed by atoms with van der Waals surface area (Å²) in [5.74, 6) is 0.255. The Kier molecular flexibility index (Phi) is 8.36. The molecule has 0 aliphatic carbocycles. The van der Waals surface area contributed by atoms with Crippen LogP contribution in [-0.2, 0) is 4.79 Å². The van der Waals surface area contributed by atoms with Crippen LogP contribution in [0.1, 0.15) is 36.7 Å². The van der Waals surface area contributed by atoms with Crippen LogP contribution in [0.2, 0.25) is 0 Å². The van der Waals surface area contributed by atoms with E-state index in [2.05, 4.69) is 16.0 Å². The van der Waals surface area contributed by atoms with Gasteiger partial charge in [0.05, 0.1) is 6.61 Å². The average Bonchev–Trinajstić information content (AvgIpc) is 2.67. The molecule has 2 aromatic carbocycles. The zero-order valence-electron chi connectivity index (χ0n) is 16.7. The largest absolute Gasteiger partial charge is 0.494 e. The first kappa shape index (κ1) is 22.1. The molecule has 2 rings (SSSR count). The maximum atomic E-state index is 12.1. The summed E-state index contributed by atoms with van der Waals surface area (Å²) in [7, 11) is 0. The Bertz CT molecular complexity index is 892. The Morgan fingerprint density at radius 1 is 1.14 bits per heavy atom. The number of anilines is 1. The minimum absolute atomic E-state index is 0.0432. The molecule has 6 nitrogen and oxygen atoms in total. The van der Waals surface area contributed by atoms with Gasteiger partial charge in [0.1, 0.15) is 5.75 Å². The van der Waals surface area contributed by atoms with E-state index >= 15 is 0 Å². The Morgan fingerprint density at radius 2 is 1.86 bits per heavy atom. The van der Waals surface area contributed by atoms with Crippen molar-refractivity contribution in [2.45, 2.75) is 26.8 Å². The van der Waals surface area contributed by atoms with Crippen molar-refractivity contribution in [3.05, 3.63) is 65.7 Å². The van der Waals surface area contributed by atoms with Gasteiger partial charge in [0.2, 0.25) is 5.91 Å². The molecule has 0 saturated heterocycles. The highest BCUT2D eigenvalue weighted by atomic mass is 32.1. The highest BCUT2D eigenvalue weighted by Gasteiger charge is 2.08. The van der Waals surface area contributed by atoms with Crippen molar-refractivity contribution in [1.29, 1.82) is 0 Å². The van der Waals surface area contributed by atoms with Gasteiger partial charge in [-0.25, -0.2) is 0 Å². The fourth-order valence-corrected chi connectivity index (χ4v) is 2.63. The van der Waals surface area contributed by atoms with Gasteiger partial charge in [-0.15, -0.1) is 0 Å². The van der Waals surface area contributed by atoms with Crippen molar-refractivity contribution in [1.82, 2.24) is 10.6 Å². The number of benzene rings is 2. The number of ether oxygens (including phenoxy) is 1. The fraction of sp³-hybridized carbons (Fsp3) is 0.227. The third kappa shape index (κ3) is 7.75. The Labute approximate surface area is 176 Å². The molecule has 152 valence electrons. The van der Waals surface area contributed by atoms with Crippen molar-refractivity contribution in [3.63, 3.8) is 0 Å². The fourth-order valence-electron chi connectivity index (χ4n) is 2.41. The number of thiocarbonyl (C=S) groups is 1.